The Bertz CT molecular complexity index is 1990. The largest absolute Gasteiger partial charge is 0.329 e. The zero-order valence-electron chi connectivity index (χ0n) is 31.6. The Labute approximate surface area is 302 Å². The number of fused-ring (bicyclic) bond motifs is 9. The molecule has 0 aliphatic heterocycles. The summed E-state index contributed by atoms with van der Waals surface area (Å²) in [5, 5.41) is 2.54. The van der Waals surface area contributed by atoms with Gasteiger partial charge in [0.15, 0.2) is 0 Å². The summed E-state index contributed by atoms with van der Waals surface area (Å²) in [5.74, 6) is 2.72. The van der Waals surface area contributed by atoms with Crippen molar-refractivity contribution in [1.82, 2.24) is 4.57 Å². The van der Waals surface area contributed by atoms with Gasteiger partial charge in [-0.3, -0.25) is 0 Å². The molecular weight excluding hydrogens is 603 g/mol. The molecular formula is C49H55N. The molecule has 1 heterocycles. The van der Waals surface area contributed by atoms with Crippen LogP contribution in [-0.4, -0.2) is 4.57 Å². The first-order valence-corrected chi connectivity index (χ1v) is 18.5. The van der Waals surface area contributed by atoms with Crippen LogP contribution in [-0.2, 0) is 17.4 Å². The van der Waals surface area contributed by atoms with E-state index in [2.05, 4.69) is 147 Å². The molecule has 0 bridgehead atoms. The summed E-state index contributed by atoms with van der Waals surface area (Å²) in [6, 6.07) is 39.5. The maximum absolute atomic E-state index is 5.43. The van der Waals surface area contributed by atoms with Crippen LogP contribution in [0.5, 0.6) is 0 Å². The normalized spacial score (nSPS) is 16.9. The molecule has 0 saturated carbocycles. The van der Waals surface area contributed by atoms with Gasteiger partial charge in [-0.2, -0.15) is 0 Å². The predicted molar refractivity (Wildman–Crippen MR) is 222 cm³/mol. The summed E-state index contributed by atoms with van der Waals surface area (Å²) in [6.45, 7) is 25.5. The first-order chi connectivity index (χ1) is 24.5. The Balaban J connectivity index is 0.000000217. The fourth-order valence-corrected chi connectivity index (χ4v) is 7.93. The molecule has 0 fully saturated rings. The zero-order chi connectivity index (χ0) is 36.5. The summed E-state index contributed by atoms with van der Waals surface area (Å²) >= 11 is 0. The Morgan fingerprint density at radius 2 is 0.900 bits per heavy atom. The van der Waals surface area contributed by atoms with E-state index in [0.717, 1.165) is 12.8 Å². The van der Waals surface area contributed by atoms with E-state index in [1.165, 1.54) is 66.3 Å². The van der Waals surface area contributed by atoms with Gasteiger partial charge >= 0.3 is 0 Å². The van der Waals surface area contributed by atoms with Crippen LogP contribution < -0.4 is 0 Å². The van der Waals surface area contributed by atoms with E-state index in [1.54, 1.807) is 0 Å². The minimum Gasteiger partial charge on any atom is -0.329 e. The second-order valence-electron chi connectivity index (χ2n) is 12.5. The smallest absolute Gasteiger partial charge is 0.0841 e. The van der Waals surface area contributed by atoms with Gasteiger partial charge in [-0.05, 0) is 81.6 Å². The average Bonchev–Trinajstić information content (AvgIpc) is 3.72. The highest BCUT2D eigenvalue weighted by Gasteiger charge is 2.43. The highest BCUT2D eigenvalue weighted by molar-refractivity contribution is 6.08. The molecule has 1 heteroatoms. The number of rotatable bonds is 5. The Hall–Kier alpha value is -5.06. The lowest BCUT2D eigenvalue weighted by molar-refractivity contribution is 0.590. The van der Waals surface area contributed by atoms with Gasteiger partial charge in [0.05, 0.1) is 6.54 Å². The number of nitrogens with zero attached hydrogens (tertiary/aromatic N) is 1. The fraction of sp³-hybridized carbons (Fsp3) is 0.265. The van der Waals surface area contributed by atoms with Crippen molar-refractivity contribution in [2.24, 2.45) is 0 Å². The van der Waals surface area contributed by atoms with Gasteiger partial charge in [0, 0.05) is 32.6 Å². The van der Waals surface area contributed by atoms with E-state index in [9.17, 15) is 0 Å². The first kappa shape index (κ1) is 37.8. The lowest BCUT2D eigenvalue weighted by Crippen LogP contribution is -2.21. The van der Waals surface area contributed by atoms with Gasteiger partial charge in [0.25, 0.3) is 0 Å². The zero-order valence-corrected chi connectivity index (χ0v) is 31.6. The quantitative estimate of drug-likeness (QED) is 0.128. The summed E-state index contributed by atoms with van der Waals surface area (Å²) < 4.78 is 2.19. The summed E-state index contributed by atoms with van der Waals surface area (Å²) in [4.78, 5) is 0. The third kappa shape index (κ3) is 6.25. The number of hydrogen-bond donors (Lipinski definition) is 0. The van der Waals surface area contributed by atoms with Crippen molar-refractivity contribution in [1.29, 1.82) is 0 Å². The maximum Gasteiger partial charge on any atom is 0.0841 e. The van der Waals surface area contributed by atoms with Crippen molar-refractivity contribution in [2.75, 3.05) is 0 Å². The van der Waals surface area contributed by atoms with Crippen LogP contribution in [0.15, 0.2) is 135 Å². The van der Waals surface area contributed by atoms with Crippen molar-refractivity contribution < 1.29 is 0 Å². The van der Waals surface area contributed by atoms with E-state index in [1.807, 2.05) is 53.7 Å². The van der Waals surface area contributed by atoms with E-state index >= 15 is 0 Å². The molecule has 0 N–H and O–H groups in total. The standard InChI is InChI=1S/C28H26.C15H11N.3C2H6/c1-5-15-27(3)23-13-9-7-11-19(23)21-18-26-22(17-25(21)27)20-12-8-10-14-24(20)28(26,4)16-6-2;1-2-11-16-14-9-5-3-7-12(14)13-8-4-6-10-15(13)16;3*1-2/h5-14,17-18H,1-2,15-16H2,3-4H3;1,3-10H,11H2;3*1-2H3. The van der Waals surface area contributed by atoms with Crippen molar-refractivity contribution in [3.8, 4) is 34.6 Å². The lowest BCUT2D eigenvalue weighted by atomic mass is 9.75. The Kier molecular flexibility index (Phi) is 12.5. The van der Waals surface area contributed by atoms with Crippen molar-refractivity contribution >= 4 is 21.8 Å². The molecule has 2 atom stereocenters. The van der Waals surface area contributed by atoms with Gasteiger partial charge in [-0.15, -0.1) is 19.6 Å². The number of terminal acetylenes is 1. The highest BCUT2D eigenvalue weighted by Crippen LogP contribution is 2.57. The fourth-order valence-electron chi connectivity index (χ4n) is 7.93. The summed E-state index contributed by atoms with van der Waals surface area (Å²) in [7, 11) is 0. The number of allylic oxidation sites excluding steroid dienone is 2. The molecule has 0 saturated heterocycles. The van der Waals surface area contributed by atoms with Crippen LogP contribution in [0.3, 0.4) is 0 Å². The third-order valence-electron chi connectivity index (χ3n) is 10.0. The summed E-state index contributed by atoms with van der Waals surface area (Å²) in [6.07, 6.45) is 11.5. The van der Waals surface area contributed by atoms with Crippen LogP contribution in [0, 0.1) is 12.3 Å². The molecule has 0 radical (unpaired) electrons. The van der Waals surface area contributed by atoms with Crippen molar-refractivity contribution in [2.45, 2.75) is 85.6 Å². The van der Waals surface area contributed by atoms with Gasteiger partial charge in [-0.1, -0.05) is 158 Å². The van der Waals surface area contributed by atoms with E-state index in [4.69, 9.17) is 6.42 Å². The highest BCUT2D eigenvalue weighted by atomic mass is 15.0. The SMILES string of the molecule is C#CCn1c2ccccc2c2ccccc21.C=CCC1(C)c2ccccc2-c2cc3c(cc21)-c1ccccc1C3(C)CC=C.CC.CC.CC. The molecule has 1 aromatic heterocycles. The molecule has 2 aliphatic rings. The second kappa shape index (κ2) is 16.6. The van der Waals surface area contributed by atoms with Crippen molar-refractivity contribution in [3.63, 3.8) is 0 Å². The van der Waals surface area contributed by atoms with Crippen LogP contribution in [0.25, 0.3) is 44.1 Å². The number of benzene rings is 5. The molecule has 2 unspecified atom stereocenters. The topological polar surface area (TPSA) is 4.93 Å². The minimum atomic E-state index is -0.0188. The predicted octanol–water partition coefficient (Wildman–Crippen LogP) is 13.9. The van der Waals surface area contributed by atoms with E-state index in [-0.39, 0.29) is 10.8 Å². The monoisotopic (exact) mass is 657 g/mol. The van der Waals surface area contributed by atoms with E-state index < -0.39 is 0 Å². The van der Waals surface area contributed by atoms with Crippen LogP contribution in [0.4, 0.5) is 0 Å². The van der Waals surface area contributed by atoms with Gasteiger partial charge in [-0.25, -0.2) is 0 Å². The molecule has 0 spiro atoms. The number of para-hydroxylation sites is 2. The molecule has 1 nitrogen and oxygen atoms in total. The van der Waals surface area contributed by atoms with Gasteiger partial charge < -0.3 is 4.57 Å². The molecule has 8 rings (SSSR count). The third-order valence-corrected chi connectivity index (χ3v) is 10.0. The molecule has 2 aliphatic carbocycles. The molecule has 50 heavy (non-hydrogen) atoms. The Morgan fingerprint density at radius 1 is 0.540 bits per heavy atom. The summed E-state index contributed by atoms with van der Waals surface area (Å²) in [5.41, 5.74) is 13.6. The van der Waals surface area contributed by atoms with Crippen LogP contribution >= 0.6 is 0 Å². The molecule has 5 aromatic carbocycles. The van der Waals surface area contributed by atoms with Gasteiger partial charge in [0.1, 0.15) is 0 Å². The minimum absolute atomic E-state index is 0.0188. The lowest BCUT2D eigenvalue weighted by Gasteiger charge is -2.28. The Morgan fingerprint density at radius 3 is 1.28 bits per heavy atom. The number of aromatic nitrogens is 1. The van der Waals surface area contributed by atoms with E-state index in [0.29, 0.717) is 6.54 Å². The van der Waals surface area contributed by atoms with Gasteiger partial charge in [0.2, 0.25) is 0 Å². The number of hydrogen-bond acceptors (Lipinski definition) is 0. The second-order valence-corrected chi connectivity index (χ2v) is 12.5. The average molecular weight is 658 g/mol. The van der Waals surface area contributed by atoms with Crippen molar-refractivity contribution in [3.05, 3.63) is 157 Å². The molecule has 0 amide bonds. The van der Waals surface area contributed by atoms with Crippen LogP contribution in [0.2, 0.25) is 0 Å². The first-order valence-electron chi connectivity index (χ1n) is 18.5. The maximum atomic E-state index is 5.43. The molecule has 6 aromatic rings. The molecule has 256 valence electrons. The van der Waals surface area contributed by atoms with Crippen LogP contribution in [0.1, 0.15) is 90.5 Å².